The summed E-state index contributed by atoms with van der Waals surface area (Å²) in [6.45, 7) is 1.90. The molecule has 1 aromatic heterocycles. The van der Waals surface area contributed by atoms with E-state index in [-0.39, 0.29) is 11.6 Å². The van der Waals surface area contributed by atoms with Gasteiger partial charge in [-0.05, 0) is 19.8 Å². The molecule has 0 bridgehead atoms. The average molecular weight is 287 g/mol. The van der Waals surface area contributed by atoms with E-state index in [1.165, 1.54) is 16.8 Å². The molecular formula is C11H17N3O4S. The predicted octanol–water partition coefficient (Wildman–Crippen LogP) is 0.295. The highest BCUT2D eigenvalue weighted by Gasteiger charge is 2.42. The number of hydrogen-bond acceptors (Lipinski definition) is 4. The molecular weight excluding hydrogens is 270 g/mol. The van der Waals surface area contributed by atoms with Crippen LogP contribution in [0.15, 0.2) is 17.6 Å². The maximum atomic E-state index is 12.4. The van der Waals surface area contributed by atoms with Crippen LogP contribution in [0, 0.1) is 5.41 Å². The van der Waals surface area contributed by atoms with Gasteiger partial charge in [0.25, 0.3) is 10.0 Å². The fraction of sp³-hybridized carbons (Fsp3) is 0.636. The normalized spacial score (nSPS) is 25.4. The molecule has 1 N–H and O–H groups in total. The molecule has 19 heavy (non-hydrogen) atoms. The van der Waals surface area contributed by atoms with Crippen molar-refractivity contribution < 1.29 is 18.3 Å². The SMILES string of the molecule is Cn1cnc(S(=O)(=O)N2CCCC(C)(C(=O)O)C2)c1. The Morgan fingerprint density at radius 1 is 1.53 bits per heavy atom. The van der Waals surface area contributed by atoms with Crippen molar-refractivity contribution in [1.82, 2.24) is 13.9 Å². The van der Waals surface area contributed by atoms with Crippen molar-refractivity contribution in [2.45, 2.75) is 24.8 Å². The number of nitrogens with zero attached hydrogens (tertiary/aromatic N) is 3. The Morgan fingerprint density at radius 3 is 2.74 bits per heavy atom. The van der Waals surface area contributed by atoms with Crippen molar-refractivity contribution >= 4 is 16.0 Å². The molecule has 1 fully saturated rings. The van der Waals surface area contributed by atoms with Crippen molar-refractivity contribution in [3.05, 3.63) is 12.5 Å². The second-order valence-electron chi connectivity index (χ2n) is 5.19. The van der Waals surface area contributed by atoms with Crippen LogP contribution in [0.4, 0.5) is 0 Å². The van der Waals surface area contributed by atoms with Crippen LogP contribution in [0.3, 0.4) is 0 Å². The van der Waals surface area contributed by atoms with Gasteiger partial charge in [0, 0.05) is 26.3 Å². The van der Waals surface area contributed by atoms with Crippen molar-refractivity contribution in [3.8, 4) is 0 Å². The number of sulfonamides is 1. The summed E-state index contributed by atoms with van der Waals surface area (Å²) in [5.74, 6) is -0.964. The lowest BCUT2D eigenvalue weighted by Gasteiger charge is -2.36. The van der Waals surface area contributed by atoms with Gasteiger partial charge in [-0.3, -0.25) is 4.79 Å². The van der Waals surface area contributed by atoms with Crippen LogP contribution in [0.2, 0.25) is 0 Å². The van der Waals surface area contributed by atoms with E-state index in [2.05, 4.69) is 4.98 Å². The van der Waals surface area contributed by atoms with Gasteiger partial charge in [0.1, 0.15) is 0 Å². The highest BCUT2D eigenvalue weighted by atomic mass is 32.2. The quantitative estimate of drug-likeness (QED) is 0.863. The fourth-order valence-corrected chi connectivity index (χ4v) is 3.80. The van der Waals surface area contributed by atoms with E-state index in [0.29, 0.717) is 19.4 Å². The molecule has 1 aliphatic heterocycles. The lowest BCUT2D eigenvalue weighted by Crippen LogP contribution is -2.48. The molecule has 0 saturated carbocycles. The second kappa shape index (κ2) is 4.61. The van der Waals surface area contributed by atoms with E-state index in [4.69, 9.17) is 0 Å². The second-order valence-corrected chi connectivity index (χ2v) is 7.07. The summed E-state index contributed by atoms with van der Waals surface area (Å²) in [5, 5.41) is 9.18. The maximum Gasteiger partial charge on any atom is 0.310 e. The summed E-state index contributed by atoms with van der Waals surface area (Å²) in [6.07, 6.45) is 3.85. The van der Waals surface area contributed by atoms with Gasteiger partial charge in [0.2, 0.25) is 0 Å². The fourth-order valence-electron chi connectivity index (χ4n) is 2.23. The zero-order valence-corrected chi connectivity index (χ0v) is 11.7. The number of carbonyl (C=O) groups is 1. The van der Waals surface area contributed by atoms with Gasteiger partial charge in [-0.15, -0.1) is 0 Å². The Kier molecular flexibility index (Phi) is 3.40. The molecule has 2 rings (SSSR count). The summed E-state index contributed by atoms with van der Waals surface area (Å²) in [6, 6.07) is 0. The van der Waals surface area contributed by atoms with Crippen LogP contribution in [-0.2, 0) is 21.9 Å². The molecule has 0 aliphatic carbocycles. The van der Waals surface area contributed by atoms with Crippen LogP contribution in [0.25, 0.3) is 0 Å². The third kappa shape index (κ3) is 2.50. The number of piperidine rings is 1. The van der Waals surface area contributed by atoms with Gasteiger partial charge >= 0.3 is 5.97 Å². The first-order valence-corrected chi connectivity index (χ1v) is 7.41. The first-order valence-electron chi connectivity index (χ1n) is 5.97. The van der Waals surface area contributed by atoms with E-state index in [1.807, 2.05) is 0 Å². The number of imidazole rings is 1. The number of carboxylic acid groups (broad SMARTS) is 1. The van der Waals surface area contributed by atoms with Gasteiger partial charge < -0.3 is 9.67 Å². The van der Waals surface area contributed by atoms with Crippen LogP contribution >= 0.6 is 0 Å². The maximum absolute atomic E-state index is 12.4. The third-order valence-electron chi connectivity index (χ3n) is 3.46. The van der Waals surface area contributed by atoms with Gasteiger partial charge in [-0.2, -0.15) is 4.31 Å². The molecule has 1 unspecified atom stereocenters. The van der Waals surface area contributed by atoms with Crippen molar-refractivity contribution in [2.24, 2.45) is 12.5 Å². The van der Waals surface area contributed by atoms with E-state index < -0.39 is 21.4 Å². The van der Waals surface area contributed by atoms with Crippen molar-refractivity contribution in [3.63, 3.8) is 0 Å². The number of aliphatic carboxylic acids is 1. The van der Waals surface area contributed by atoms with E-state index in [9.17, 15) is 18.3 Å². The molecule has 1 atom stereocenters. The highest BCUT2D eigenvalue weighted by Crippen LogP contribution is 2.32. The van der Waals surface area contributed by atoms with Gasteiger partial charge in [0.05, 0.1) is 11.7 Å². The highest BCUT2D eigenvalue weighted by molar-refractivity contribution is 7.89. The topological polar surface area (TPSA) is 92.5 Å². The first-order chi connectivity index (χ1) is 8.75. The molecule has 0 aromatic carbocycles. The number of aromatic nitrogens is 2. The molecule has 1 aliphatic rings. The van der Waals surface area contributed by atoms with E-state index in [1.54, 1.807) is 18.5 Å². The Morgan fingerprint density at radius 2 is 2.21 bits per heavy atom. The van der Waals surface area contributed by atoms with Crippen LogP contribution in [0.5, 0.6) is 0 Å². The Balaban J connectivity index is 2.29. The summed E-state index contributed by atoms with van der Waals surface area (Å²) in [4.78, 5) is 15.1. The summed E-state index contributed by atoms with van der Waals surface area (Å²) >= 11 is 0. The summed E-state index contributed by atoms with van der Waals surface area (Å²) in [5.41, 5.74) is -1.03. The zero-order valence-electron chi connectivity index (χ0n) is 10.9. The monoisotopic (exact) mass is 287 g/mol. The first kappa shape index (κ1) is 14.0. The molecule has 106 valence electrons. The lowest BCUT2D eigenvalue weighted by atomic mass is 9.83. The summed E-state index contributed by atoms with van der Waals surface area (Å²) in [7, 11) is -2.02. The smallest absolute Gasteiger partial charge is 0.310 e. The molecule has 2 heterocycles. The number of aryl methyl sites for hydroxylation is 1. The third-order valence-corrected chi connectivity index (χ3v) is 5.19. The van der Waals surface area contributed by atoms with Crippen LogP contribution in [-0.4, -0.2) is 46.4 Å². The standard InChI is InChI=1S/C11H17N3O4S/c1-11(10(15)16)4-3-5-14(7-11)19(17,18)9-6-13(2)8-12-9/h6,8H,3-5,7H2,1-2H3,(H,15,16). The molecule has 1 saturated heterocycles. The average Bonchev–Trinajstić information content (AvgIpc) is 2.76. The van der Waals surface area contributed by atoms with Gasteiger partial charge in [0.15, 0.2) is 5.03 Å². The molecule has 1 aromatic rings. The van der Waals surface area contributed by atoms with E-state index in [0.717, 1.165) is 0 Å². The minimum atomic E-state index is -3.71. The molecule has 0 spiro atoms. The predicted molar refractivity (Wildman–Crippen MR) is 66.9 cm³/mol. The van der Waals surface area contributed by atoms with Crippen LogP contribution < -0.4 is 0 Å². The molecule has 8 heteroatoms. The van der Waals surface area contributed by atoms with E-state index >= 15 is 0 Å². The minimum absolute atomic E-state index is 0.0127. The number of rotatable bonds is 3. The Labute approximate surface area is 111 Å². The number of carboxylic acids is 1. The van der Waals surface area contributed by atoms with Gasteiger partial charge in [-0.1, -0.05) is 0 Å². The Hall–Kier alpha value is -1.41. The van der Waals surface area contributed by atoms with Crippen molar-refractivity contribution in [2.75, 3.05) is 13.1 Å². The van der Waals surface area contributed by atoms with Gasteiger partial charge in [-0.25, -0.2) is 13.4 Å². The minimum Gasteiger partial charge on any atom is -0.481 e. The molecule has 0 amide bonds. The lowest BCUT2D eigenvalue weighted by molar-refractivity contribution is -0.150. The largest absolute Gasteiger partial charge is 0.481 e. The Bertz CT molecular complexity index is 595. The molecule has 0 radical (unpaired) electrons. The van der Waals surface area contributed by atoms with Crippen LogP contribution in [0.1, 0.15) is 19.8 Å². The van der Waals surface area contributed by atoms with Crippen molar-refractivity contribution in [1.29, 1.82) is 0 Å². The zero-order chi connectivity index (χ0) is 14.3. The summed E-state index contributed by atoms with van der Waals surface area (Å²) < 4.78 is 27.5. The number of hydrogen-bond donors (Lipinski definition) is 1. The molecule has 7 nitrogen and oxygen atoms in total.